The number of hydrogen-bond donors (Lipinski definition) is 0. The lowest BCUT2D eigenvalue weighted by Crippen LogP contribution is -1.98. The van der Waals surface area contributed by atoms with Crippen LogP contribution in [0.3, 0.4) is 0 Å². The largest absolute Gasteiger partial charge is 0.252 e. The lowest BCUT2D eigenvalue weighted by Gasteiger charge is -2.05. The summed E-state index contributed by atoms with van der Waals surface area (Å²) >= 11 is 0. The second kappa shape index (κ2) is 17.0. The Balaban J connectivity index is 1.50. The molecule has 6 nitrogen and oxygen atoms in total. The van der Waals surface area contributed by atoms with Gasteiger partial charge in [-0.2, -0.15) is 0 Å². The molecule has 0 radical (unpaired) electrons. The number of unbranched alkanes of at least 4 members (excludes halogenated alkanes) is 14. The van der Waals surface area contributed by atoms with Gasteiger partial charge in [0.15, 0.2) is 0 Å². The molecule has 0 fully saturated rings. The average molecular weight is 529 g/mol. The summed E-state index contributed by atoms with van der Waals surface area (Å²) in [5.41, 5.74) is 1.24. The summed E-state index contributed by atoms with van der Waals surface area (Å²) in [6.45, 7) is 5.94. The van der Waals surface area contributed by atoms with E-state index in [9.17, 15) is 8.78 Å². The summed E-state index contributed by atoms with van der Waals surface area (Å²) in [5, 5.41) is 16.6. The van der Waals surface area contributed by atoms with Gasteiger partial charge in [-0.05, 0) is 18.9 Å². The lowest BCUT2D eigenvalue weighted by atomic mass is 10.1. The zero-order valence-corrected chi connectivity index (χ0v) is 23.5. The van der Waals surface area contributed by atoms with Crippen LogP contribution in [0, 0.1) is 11.6 Å². The van der Waals surface area contributed by atoms with Crippen LogP contribution in [0.15, 0.2) is 24.5 Å². The second-order valence-corrected chi connectivity index (χ2v) is 10.5. The molecule has 210 valence electrons. The number of aryl methyl sites for hydroxylation is 2. The predicted molar refractivity (Wildman–Crippen MR) is 150 cm³/mol. The second-order valence-electron chi connectivity index (χ2n) is 10.5. The van der Waals surface area contributed by atoms with E-state index in [1.165, 1.54) is 83.1 Å². The van der Waals surface area contributed by atoms with Crippen molar-refractivity contribution in [1.82, 2.24) is 30.0 Å². The van der Waals surface area contributed by atoms with Gasteiger partial charge in [0.1, 0.15) is 23.0 Å². The summed E-state index contributed by atoms with van der Waals surface area (Å²) in [6, 6.07) is 2.37. The van der Waals surface area contributed by atoms with Crippen LogP contribution in [0.2, 0.25) is 0 Å². The van der Waals surface area contributed by atoms with Gasteiger partial charge < -0.3 is 0 Å². The van der Waals surface area contributed by atoms with E-state index in [-0.39, 0.29) is 11.1 Å². The van der Waals surface area contributed by atoms with Gasteiger partial charge in [-0.3, -0.25) is 9.36 Å². The first kappa shape index (κ1) is 29.9. The molecule has 0 saturated heterocycles. The number of halogens is 2. The topological polar surface area (TPSA) is 61.4 Å². The van der Waals surface area contributed by atoms with Crippen molar-refractivity contribution in [3.05, 3.63) is 36.2 Å². The van der Waals surface area contributed by atoms with Crippen LogP contribution < -0.4 is 0 Å². The van der Waals surface area contributed by atoms with Crippen molar-refractivity contribution in [2.24, 2.45) is 0 Å². The average Bonchev–Trinajstić information content (AvgIpc) is 3.57. The van der Waals surface area contributed by atoms with E-state index in [4.69, 9.17) is 0 Å². The first-order chi connectivity index (χ1) is 18.6. The Bertz CT molecular complexity index is 981. The molecule has 8 heteroatoms. The van der Waals surface area contributed by atoms with Gasteiger partial charge in [0.25, 0.3) is 0 Å². The number of benzene rings is 1. The minimum atomic E-state index is -0.656. The van der Waals surface area contributed by atoms with Crippen molar-refractivity contribution in [1.29, 1.82) is 0 Å². The van der Waals surface area contributed by atoms with Crippen molar-refractivity contribution in [2.75, 3.05) is 0 Å². The van der Waals surface area contributed by atoms with Crippen molar-refractivity contribution in [3.8, 4) is 22.5 Å². The van der Waals surface area contributed by atoms with Crippen LogP contribution >= 0.6 is 0 Å². The first-order valence-corrected chi connectivity index (χ1v) is 14.9. The molecule has 0 amide bonds. The molecule has 2 aromatic heterocycles. The summed E-state index contributed by atoms with van der Waals surface area (Å²) in [7, 11) is 0. The molecule has 0 aliphatic rings. The summed E-state index contributed by atoms with van der Waals surface area (Å²) in [5.74, 6) is -1.31. The Morgan fingerprint density at radius 1 is 0.526 bits per heavy atom. The third-order valence-corrected chi connectivity index (χ3v) is 7.17. The molecule has 2 heterocycles. The van der Waals surface area contributed by atoms with E-state index >= 15 is 0 Å². The van der Waals surface area contributed by atoms with Gasteiger partial charge in [-0.15, -0.1) is 10.2 Å². The monoisotopic (exact) mass is 528 g/mol. The van der Waals surface area contributed by atoms with Gasteiger partial charge in [-0.1, -0.05) is 114 Å². The first-order valence-electron chi connectivity index (χ1n) is 14.9. The Morgan fingerprint density at radius 3 is 1.29 bits per heavy atom. The maximum absolute atomic E-state index is 14.7. The molecule has 0 saturated carbocycles. The number of nitrogens with zero attached hydrogens (tertiary/aromatic N) is 6. The molecule has 0 aliphatic heterocycles. The van der Waals surface area contributed by atoms with Crippen molar-refractivity contribution in [2.45, 2.75) is 130 Å². The standard InChI is InChI=1S/C30H46F2N6/c1-3-5-7-9-11-13-15-17-19-37-23-29(33-35-37)25-21-26(28(32)22-27(25)31)30-24-38(36-34-30)20-18-16-14-12-10-8-6-4-2/h21-24H,3-20H2,1-2H3. The van der Waals surface area contributed by atoms with Crippen LogP contribution in [0.1, 0.15) is 117 Å². The van der Waals surface area contributed by atoms with E-state index in [2.05, 4.69) is 34.5 Å². The van der Waals surface area contributed by atoms with Crippen LogP contribution in [0.4, 0.5) is 8.78 Å². The van der Waals surface area contributed by atoms with Crippen LogP contribution in [0.25, 0.3) is 22.5 Å². The van der Waals surface area contributed by atoms with Crippen molar-refractivity contribution in [3.63, 3.8) is 0 Å². The highest BCUT2D eigenvalue weighted by molar-refractivity contribution is 5.69. The van der Waals surface area contributed by atoms with Crippen molar-refractivity contribution < 1.29 is 8.78 Å². The third-order valence-electron chi connectivity index (χ3n) is 7.17. The molecule has 0 aliphatic carbocycles. The molecule has 38 heavy (non-hydrogen) atoms. The van der Waals surface area contributed by atoms with E-state index in [0.29, 0.717) is 11.4 Å². The van der Waals surface area contributed by atoms with E-state index in [1.54, 1.807) is 21.8 Å². The summed E-state index contributed by atoms with van der Waals surface area (Å²) < 4.78 is 32.9. The molecule has 0 atom stereocenters. The smallest absolute Gasteiger partial charge is 0.135 e. The van der Waals surface area contributed by atoms with Gasteiger partial charge in [-0.25, -0.2) is 8.78 Å². The highest BCUT2D eigenvalue weighted by atomic mass is 19.1. The van der Waals surface area contributed by atoms with E-state index in [0.717, 1.165) is 44.8 Å². The highest BCUT2D eigenvalue weighted by Crippen LogP contribution is 2.29. The molecule has 0 unspecified atom stereocenters. The molecular formula is C30H46F2N6. The lowest BCUT2D eigenvalue weighted by molar-refractivity contribution is 0.511. The number of hydrogen-bond acceptors (Lipinski definition) is 4. The maximum Gasteiger partial charge on any atom is 0.135 e. The van der Waals surface area contributed by atoms with Crippen molar-refractivity contribution >= 4 is 0 Å². The van der Waals surface area contributed by atoms with Crippen LogP contribution in [0.5, 0.6) is 0 Å². The SMILES string of the molecule is CCCCCCCCCCn1cc(-c2cc(-c3cn(CCCCCCCCCC)nn3)c(F)cc2F)nn1. The van der Waals surface area contributed by atoms with Gasteiger partial charge >= 0.3 is 0 Å². The maximum atomic E-state index is 14.7. The minimum absolute atomic E-state index is 0.223. The van der Waals surface area contributed by atoms with Gasteiger partial charge in [0.2, 0.25) is 0 Å². The van der Waals surface area contributed by atoms with Crippen LogP contribution in [-0.4, -0.2) is 30.0 Å². The molecule has 3 rings (SSSR count). The predicted octanol–water partition coefficient (Wildman–Crippen LogP) is 8.76. The number of rotatable bonds is 20. The zero-order chi connectivity index (χ0) is 27.0. The fourth-order valence-corrected chi connectivity index (χ4v) is 4.82. The minimum Gasteiger partial charge on any atom is -0.252 e. The molecule has 1 aromatic carbocycles. The van der Waals surface area contributed by atoms with E-state index in [1.807, 2.05) is 0 Å². The van der Waals surface area contributed by atoms with Gasteiger partial charge in [0.05, 0.1) is 12.4 Å². The Hall–Kier alpha value is -2.64. The normalized spacial score (nSPS) is 11.5. The summed E-state index contributed by atoms with van der Waals surface area (Å²) in [4.78, 5) is 0. The fraction of sp³-hybridized carbons (Fsp3) is 0.667. The highest BCUT2D eigenvalue weighted by Gasteiger charge is 2.17. The quantitative estimate of drug-likeness (QED) is 0.138. The van der Waals surface area contributed by atoms with Gasteiger partial charge in [0, 0.05) is 30.3 Å². The van der Waals surface area contributed by atoms with Crippen LogP contribution in [-0.2, 0) is 13.1 Å². The molecular weight excluding hydrogens is 482 g/mol. The number of aromatic nitrogens is 6. The third kappa shape index (κ3) is 9.91. The zero-order valence-electron chi connectivity index (χ0n) is 23.5. The molecule has 0 bridgehead atoms. The Morgan fingerprint density at radius 2 is 0.895 bits per heavy atom. The molecule has 0 spiro atoms. The van der Waals surface area contributed by atoms with E-state index < -0.39 is 11.6 Å². The Labute approximate surface area is 227 Å². The summed E-state index contributed by atoms with van der Waals surface area (Å²) in [6.07, 6.45) is 23.2. The molecule has 0 N–H and O–H groups in total. The fourth-order valence-electron chi connectivity index (χ4n) is 4.82. The molecule has 3 aromatic rings. The Kier molecular flexibility index (Phi) is 13.4.